The molecule has 1 saturated heterocycles. The molecule has 0 atom stereocenters. The Labute approximate surface area is 211 Å². The maximum Gasteiger partial charge on any atom is 0.245 e. The highest BCUT2D eigenvalue weighted by Crippen LogP contribution is 2.24. The van der Waals surface area contributed by atoms with Gasteiger partial charge in [-0.2, -0.15) is 4.31 Å². The largest absolute Gasteiger partial charge is 0.379 e. The number of carbonyl (C=O) groups is 1. The van der Waals surface area contributed by atoms with Crippen LogP contribution in [-0.2, 0) is 39.6 Å². The van der Waals surface area contributed by atoms with Crippen LogP contribution in [0, 0.1) is 0 Å². The zero-order chi connectivity index (χ0) is 26.7. The van der Waals surface area contributed by atoms with Crippen molar-refractivity contribution < 1.29 is 34.8 Å². The summed E-state index contributed by atoms with van der Waals surface area (Å²) in [6, 6.07) is 11.3. The Bertz CT molecular complexity index is 1420. The van der Waals surface area contributed by atoms with Crippen molar-refractivity contribution in [2.45, 2.75) is 4.90 Å². The number of amides is 1. The number of carbonyl (C=O) groups excluding carboxylic acids is 1. The van der Waals surface area contributed by atoms with Gasteiger partial charge in [0.15, 0.2) is 0 Å². The van der Waals surface area contributed by atoms with Gasteiger partial charge in [-0.3, -0.25) is 13.4 Å². The first-order valence-electron chi connectivity index (χ1n) is 10.7. The van der Waals surface area contributed by atoms with Crippen molar-refractivity contribution in [1.29, 1.82) is 0 Å². The van der Waals surface area contributed by atoms with Crippen molar-refractivity contribution in [1.82, 2.24) is 4.31 Å². The molecule has 198 valence electrons. The van der Waals surface area contributed by atoms with Gasteiger partial charge in [0, 0.05) is 25.8 Å². The van der Waals surface area contributed by atoms with Gasteiger partial charge >= 0.3 is 0 Å². The summed E-state index contributed by atoms with van der Waals surface area (Å²) in [6.45, 7) is 0.450. The van der Waals surface area contributed by atoms with E-state index < -0.39 is 42.5 Å². The summed E-state index contributed by atoms with van der Waals surface area (Å²) < 4.78 is 82.4. The van der Waals surface area contributed by atoms with Crippen LogP contribution >= 0.6 is 0 Å². The fourth-order valence-corrected chi connectivity index (χ4v) is 6.18. The van der Waals surface area contributed by atoms with Crippen LogP contribution < -0.4 is 13.9 Å². The van der Waals surface area contributed by atoms with Crippen LogP contribution in [0.2, 0.25) is 0 Å². The van der Waals surface area contributed by atoms with Gasteiger partial charge in [0.05, 0.1) is 42.0 Å². The predicted molar refractivity (Wildman–Crippen MR) is 137 cm³/mol. The first kappa shape index (κ1) is 27.9. The van der Waals surface area contributed by atoms with Gasteiger partial charge < -0.3 is 10.1 Å². The third-order valence-electron chi connectivity index (χ3n) is 5.41. The van der Waals surface area contributed by atoms with E-state index in [1.807, 2.05) is 0 Å². The molecular weight excluding hydrogens is 532 g/mol. The molecule has 0 saturated carbocycles. The summed E-state index contributed by atoms with van der Waals surface area (Å²) in [6.07, 6.45) is 1.97. The lowest BCUT2D eigenvalue weighted by molar-refractivity contribution is -0.114. The molecule has 1 heterocycles. The molecule has 3 rings (SSSR count). The van der Waals surface area contributed by atoms with Crippen molar-refractivity contribution in [2.75, 3.05) is 66.3 Å². The number of sulfonamides is 3. The summed E-state index contributed by atoms with van der Waals surface area (Å²) >= 11 is 0. The second kappa shape index (κ2) is 10.7. The summed E-state index contributed by atoms with van der Waals surface area (Å²) in [5, 5.41) is 2.56. The van der Waals surface area contributed by atoms with E-state index in [1.165, 1.54) is 47.8 Å². The van der Waals surface area contributed by atoms with Gasteiger partial charge in [-0.05, 0) is 42.5 Å². The average Bonchev–Trinajstić information content (AvgIpc) is 2.81. The number of nitrogens with one attached hydrogen (secondary N) is 1. The number of benzene rings is 2. The molecule has 0 bridgehead atoms. The van der Waals surface area contributed by atoms with Crippen LogP contribution in [0.4, 0.5) is 17.1 Å². The van der Waals surface area contributed by atoms with Gasteiger partial charge in [0.25, 0.3) is 0 Å². The molecule has 15 heteroatoms. The molecule has 1 fully saturated rings. The highest BCUT2D eigenvalue weighted by molar-refractivity contribution is 7.92. The zero-order valence-electron chi connectivity index (χ0n) is 20.0. The van der Waals surface area contributed by atoms with Crippen LogP contribution in [0.5, 0.6) is 0 Å². The van der Waals surface area contributed by atoms with Crippen molar-refractivity contribution in [2.24, 2.45) is 0 Å². The first-order valence-corrected chi connectivity index (χ1v) is 15.8. The smallest absolute Gasteiger partial charge is 0.245 e. The average molecular weight is 561 g/mol. The molecule has 1 amide bonds. The number of anilines is 3. The lowest BCUT2D eigenvalue weighted by atomic mass is 10.2. The molecule has 2 aromatic carbocycles. The highest BCUT2D eigenvalue weighted by atomic mass is 32.2. The third-order valence-corrected chi connectivity index (χ3v) is 9.67. The maximum absolute atomic E-state index is 12.8. The number of hydrogen-bond donors (Lipinski definition) is 1. The van der Waals surface area contributed by atoms with E-state index in [1.54, 1.807) is 12.1 Å². The molecule has 12 nitrogen and oxygen atoms in total. The van der Waals surface area contributed by atoms with E-state index in [2.05, 4.69) is 5.32 Å². The topological polar surface area (TPSA) is 150 Å². The van der Waals surface area contributed by atoms with E-state index in [0.29, 0.717) is 18.9 Å². The number of morpholine rings is 1. The molecule has 0 spiro atoms. The lowest BCUT2D eigenvalue weighted by Gasteiger charge is -2.26. The van der Waals surface area contributed by atoms with Crippen LogP contribution in [0.25, 0.3) is 0 Å². The first-order chi connectivity index (χ1) is 16.7. The molecule has 1 aliphatic rings. The van der Waals surface area contributed by atoms with Crippen molar-refractivity contribution >= 4 is 53.0 Å². The molecule has 0 radical (unpaired) electrons. The summed E-state index contributed by atoms with van der Waals surface area (Å²) in [4.78, 5) is 12.7. The minimum atomic E-state index is -3.91. The fourth-order valence-electron chi connectivity index (χ4n) is 3.42. The van der Waals surface area contributed by atoms with Crippen molar-refractivity contribution in [3.05, 3.63) is 48.5 Å². The van der Waals surface area contributed by atoms with Gasteiger partial charge in [-0.15, -0.1) is 0 Å². The Morgan fingerprint density at radius 2 is 1.53 bits per heavy atom. The zero-order valence-corrected chi connectivity index (χ0v) is 22.4. The Kier molecular flexibility index (Phi) is 8.30. The van der Waals surface area contributed by atoms with Gasteiger partial charge in [-0.1, -0.05) is 6.07 Å². The third kappa shape index (κ3) is 6.73. The lowest BCUT2D eigenvalue weighted by Crippen LogP contribution is -2.40. The summed E-state index contributed by atoms with van der Waals surface area (Å²) in [7, 11) is -9.82. The number of nitrogens with zero attached hydrogens (tertiary/aromatic N) is 3. The van der Waals surface area contributed by atoms with E-state index in [9.17, 15) is 30.0 Å². The van der Waals surface area contributed by atoms with Gasteiger partial charge in [-0.25, -0.2) is 25.3 Å². The van der Waals surface area contributed by atoms with Crippen LogP contribution in [0.1, 0.15) is 0 Å². The standard InChI is InChI=1S/C21H28N4O8S3/c1-23(34(2,27)28)19-6-4-5-17(15-19)22-21(26)16-25(35(3,29)30)18-7-9-20(10-8-18)36(31,32)24-11-13-33-14-12-24/h4-10,15H,11-14,16H2,1-3H3,(H,22,26). The molecule has 1 N–H and O–H groups in total. The monoisotopic (exact) mass is 560 g/mol. The second-order valence-corrected chi connectivity index (χ2v) is 14.0. The Morgan fingerprint density at radius 3 is 2.08 bits per heavy atom. The van der Waals surface area contributed by atoms with Crippen molar-refractivity contribution in [3.63, 3.8) is 0 Å². The van der Waals surface area contributed by atoms with Crippen LogP contribution in [0.3, 0.4) is 0 Å². The Morgan fingerprint density at radius 1 is 0.917 bits per heavy atom. The minimum absolute atomic E-state index is 0.00198. The molecule has 36 heavy (non-hydrogen) atoms. The fraction of sp³-hybridized carbons (Fsp3) is 0.381. The highest BCUT2D eigenvalue weighted by Gasteiger charge is 2.27. The van der Waals surface area contributed by atoms with Crippen LogP contribution in [0.15, 0.2) is 53.4 Å². The molecule has 0 aromatic heterocycles. The van der Waals surface area contributed by atoms with E-state index in [0.717, 1.165) is 21.1 Å². The quantitative estimate of drug-likeness (QED) is 0.466. The summed E-state index contributed by atoms with van der Waals surface area (Å²) in [5.41, 5.74) is 0.694. The molecular formula is C21H28N4O8S3. The maximum atomic E-state index is 12.8. The Hall–Kier alpha value is -2.72. The normalized spacial score (nSPS) is 15.3. The van der Waals surface area contributed by atoms with Gasteiger partial charge in [0.1, 0.15) is 6.54 Å². The minimum Gasteiger partial charge on any atom is -0.379 e. The number of hydrogen-bond acceptors (Lipinski definition) is 8. The van der Waals surface area contributed by atoms with E-state index in [-0.39, 0.29) is 29.4 Å². The molecule has 0 unspecified atom stereocenters. The van der Waals surface area contributed by atoms with E-state index >= 15 is 0 Å². The summed E-state index contributed by atoms with van der Waals surface area (Å²) in [5.74, 6) is -0.676. The molecule has 0 aliphatic carbocycles. The van der Waals surface area contributed by atoms with Crippen molar-refractivity contribution in [3.8, 4) is 0 Å². The second-order valence-electron chi connectivity index (χ2n) is 8.11. The predicted octanol–water partition coefficient (Wildman–Crippen LogP) is 0.508. The van der Waals surface area contributed by atoms with Gasteiger partial charge in [0.2, 0.25) is 36.0 Å². The Balaban J connectivity index is 1.78. The van der Waals surface area contributed by atoms with Crippen LogP contribution in [-0.4, -0.2) is 87.9 Å². The SMILES string of the molecule is CN(c1cccc(NC(=O)CN(c2ccc(S(=O)(=O)N3CCOCC3)cc2)S(C)(=O)=O)c1)S(C)(=O)=O. The molecule has 2 aromatic rings. The molecule has 1 aliphatic heterocycles. The number of ether oxygens (including phenoxy) is 1. The van der Waals surface area contributed by atoms with E-state index in [4.69, 9.17) is 4.74 Å². The number of rotatable bonds is 9.